The number of nitrogens with one attached hydrogen (secondary N) is 2. The summed E-state index contributed by atoms with van der Waals surface area (Å²) in [7, 11) is 1.66. The minimum Gasteiger partial charge on any atom is -0.497 e. The van der Waals surface area contributed by atoms with Crippen LogP contribution in [-0.2, 0) is 16.0 Å². The van der Waals surface area contributed by atoms with Gasteiger partial charge in [-0.1, -0.05) is 30.3 Å². The summed E-state index contributed by atoms with van der Waals surface area (Å²) in [6, 6.07) is 20.3. The molecule has 0 amide bonds. The first-order valence-corrected chi connectivity index (χ1v) is 10.5. The topological polar surface area (TPSA) is 77.5 Å². The summed E-state index contributed by atoms with van der Waals surface area (Å²) < 4.78 is 17.4. The van der Waals surface area contributed by atoms with Crippen LogP contribution in [-0.4, -0.2) is 54.6 Å². The van der Waals surface area contributed by atoms with Gasteiger partial charge in [0.25, 0.3) is 0 Å². The second-order valence-corrected chi connectivity index (χ2v) is 7.81. The predicted octanol–water partition coefficient (Wildman–Crippen LogP) is 2.89. The van der Waals surface area contributed by atoms with E-state index < -0.39 is 0 Å². The molecular weight excluding hydrogens is 392 g/mol. The molecule has 5 rings (SSSR count). The van der Waals surface area contributed by atoms with E-state index in [1.807, 2.05) is 36.4 Å². The summed E-state index contributed by atoms with van der Waals surface area (Å²) in [5.74, 6) is 1.39. The lowest BCUT2D eigenvalue weighted by atomic mass is 10.1. The second kappa shape index (κ2) is 9.01. The highest BCUT2D eigenvalue weighted by Crippen LogP contribution is 2.29. The Bertz CT molecular complexity index is 999. The average Bonchev–Trinajstić information content (AvgIpc) is 3.42. The van der Waals surface area contributed by atoms with Crippen LogP contribution in [0.5, 0.6) is 5.75 Å². The van der Waals surface area contributed by atoms with E-state index in [0.29, 0.717) is 19.2 Å². The van der Waals surface area contributed by atoms with Crippen molar-refractivity contribution in [2.75, 3.05) is 25.6 Å². The standard InChI is InChI=1S/C24H26N4O3/c1-29-18-9-7-17(8-10-18)19-11-12-25-24(27-19)28-21-15-31-22-20(14-30-23(21)22)26-13-16-5-3-2-4-6-16/h2-12,20-23,26H,13-15H2,1H3,(H,25,27,28)/t20-,21+,22-,23+/m0/s1. The maximum Gasteiger partial charge on any atom is 0.223 e. The summed E-state index contributed by atoms with van der Waals surface area (Å²) in [6.45, 7) is 1.99. The van der Waals surface area contributed by atoms with Crippen molar-refractivity contribution in [3.8, 4) is 17.0 Å². The molecule has 0 radical (unpaired) electrons. The van der Waals surface area contributed by atoms with Crippen molar-refractivity contribution in [3.05, 3.63) is 72.4 Å². The number of ether oxygens (including phenoxy) is 3. The Balaban J connectivity index is 1.21. The number of rotatable bonds is 7. The fourth-order valence-corrected chi connectivity index (χ4v) is 4.16. The van der Waals surface area contributed by atoms with Crippen molar-refractivity contribution < 1.29 is 14.2 Å². The minimum atomic E-state index is -0.0264. The highest BCUT2D eigenvalue weighted by atomic mass is 16.6. The maximum absolute atomic E-state index is 6.08. The molecule has 2 aliphatic rings. The Hall–Kier alpha value is -3.00. The molecule has 0 bridgehead atoms. The molecule has 2 saturated heterocycles. The zero-order valence-electron chi connectivity index (χ0n) is 17.4. The van der Waals surface area contributed by atoms with Gasteiger partial charge in [-0.25, -0.2) is 9.97 Å². The van der Waals surface area contributed by atoms with E-state index in [4.69, 9.17) is 14.2 Å². The molecule has 160 valence electrons. The van der Waals surface area contributed by atoms with Gasteiger partial charge in [0.15, 0.2) is 0 Å². The van der Waals surface area contributed by atoms with Gasteiger partial charge in [-0.3, -0.25) is 0 Å². The first-order valence-electron chi connectivity index (χ1n) is 10.5. The Kier molecular flexibility index (Phi) is 5.80. The summed E-state index contributed by atoms with van der Waals surface area (Å²) in [6.07, 6.45) is 1.76. The normalized spacial score (nSPS) is 24.7. The summed E-state index contributed by atoms with van der Waals surface area (Å²) in [5.41, 5.74) is 3.11. The molecule has 2 aromatic carbocycles. The van der Waals surface area contributed by atoms with E-state index in [2.05, 4.69) is 44.9 Å². The van der Waals surface area contributed by atoms with Gasteiger partial charge in [-0.15, -0.1) is 0 Å². The minimum absolute atomic E-state index is 0.0136. The van der Waals surface area contributed by atoms with E-state index in [9.17, 15) is 0 Å². The fraction of sp³-hybridized carbons (Fsp3) is 0.333. The van der Waals surface area contributed by atoms with Crippen LogP contribution in [0.2, 0.25) is 0 Å². The van der Waals surface area contributed by atoms with Crippen LogP contribution in [0.4, 0.5) is 5.95 Å². The first kappa shape index (κ1) is 19.9. The van der Waals surface area contributed by atoms with Crippen molar-refractivity contribution >= 4 is 5.95 Å². The van der Waals surface area contributed by atoms with Crippen molar-refractivity contribution in [3.63, 3.8) is 0 Å². The SMILES string of the molecule is COc1ccc(-c2ccnc(N[C@@H]3CO[C@@H]4[C@@H]3OC[C@@H]4NCc3ccccc3)n2)cc1. The lowest BCUT2D eigenvalue weighted by Gasteiger charge is -2.18. The molecule has 4 atom stereocenters. The lowest BCUT2D eigenvalue weighted by molar-refractivity contribution is 0.0675. The summed E-state index contributed by atoms with van der Waals surface area (Å²) in [5, 5.41) is 6.99. The molecule has 7 heteroatoms. The molecule has 3 heterocycles. The lowest BCUT2D eigenvalue weighted by Crippen LogP contribution is -2.41. The largest absolute Gasteiger partial charge is 0.497 e. The highest BCUT2D eigenvalue weighted by molar-refractivity contribution is 5.61. The number of anilines is 1. The van der Waals surface area contributed by atoms with Crippen LogP contribution < -0.4 is 15.4 Å². The van der Waals surface area contributed by atoms with Crippen LogP contribution in [0.25, 0.3) is 11.3 Å². The van der Waals surface area contributed by atoms with Crippen LogP contribution in [0.3, 0.4) is 0 Å². The molecule has 31 heavy (non-hydrogen) atoms. The number of fused-ring (bicyclic) bond motifs is 1. The number of aromatic nitrogens is 2. The van der Waals surface area contributed by atoms with E-state index >= 15 is 0 Å². The Morgan fingerprint density at radius 2 is 1.68 bits per heavy atom. The van der Waals surface area contributed by atoms with Crippen LogP contribution in [0.1, 0.15) is 5.56 Å². The third-order valence-electron chi connectivity index (χ3n) is 5.82. The van der Waals surface area contributed by atoms with Crippen molar-refractivity contribution in [1.82, 2.24) is 15.3 Å². The smallest absolute Gasteiger partial charge is 0.223 e. The third-order valence-corrected chi connectivity index (χ3v) is 5.82. The molecule has 3 aromatic rings. The van der Waals surface area contributed by atoms with Crippen LogP contribution in [0.15, 0.2) is 66.9 Å². The number of nitrogens with zero attached hydrogens (tertiary/aromatic N) is 2. The summed E-state index contributed by atoms with van der Waals surface area (Å²) >= 11 is 0. The second-order valence-electron chi connectivity index (χ2n) is 7.81. The van der Waals surface area contributed by atoms with Gasteiger partial charge in [0.05, 0.1) is 38.1 Å². The summed E-state index contributed by atoms with van der Waals surface area (Å²) in [4.78, 5) is 9.08. The van der Waals surface area contributed by atoms with E-state index in [1.54, 1.807) is 13.3 Å². The Labute approximate surface area is 181 Å². The molecule has 0 aliphatic carbocycles. The molecule has 7 nitrogen and oxygen atoms in total. The van der Waals surface area contributed by atoms with Crippen molar-refractivity contribution in [1.29, 1.82) is 0 Å². The van der Waals surface area contributed by atoms with Gasteiger partial charge in [0.2, 0.25) is 5.95 Å². The zero-order valence-corrected chi connectivity index (χ0v) is 17.4. The van der Waals surface area contributed by atoms with Crippen LogP contribution in [0, 0.1) is 0 Å². The zero-order chi connectivity index (χ0) is 21.0. The molecule has 2 N–H and O–H groups in total. The fourth-order valence-electron chi connectivity index (χ4n) is 4.16. The monoisotopic (exact) mass is 418 g/mol. The van der Waals surface area contributed by atoms with Crippen molar-refractivity contribution in [2.45, 2.75) is 30.8 Å². The molecule has 0 unspecified atom stereocenters. The molecular formula is C24H26N4O3. The third kappa shape index (κ3) is 4.39. The number of benzene rings is 2. The average molecular weight is 418 g/mol. The number of methoxy groups -OCH3 is 1. The van der Waals surface area contributed by atoms with Gasteiger partial charge < -0.3 is 24.8 Å². The number of hydrogen-bond acceptors (Lipinski definition) is 7. The molecule has 1 aromatic heterocycles. The van der Waals surface area contributed by atoms with Crippen LogP contribution >= 0.6 is 0 Å². The molecule has 0 saturated carbocycles. The molecule has 2 aliphatic heterocycles. The Morgan fingerprint density at radius 3 is 2.45 bits per heavy atom. The van der Waals surface area contributed by atoms with E-state index in [1.165, 1.54) is 5.56 Å². The Morgan fingerprint density at radius 1 is 0.935 bits per heavy atom. The van der Waals surface area contributed by atoms with Gasteiger partial charge in [0, 0.05) is 18.3 Å². The molecule has 2 fully saturated rings. The van der Waals surface area contributed by atoms with E-state index in [-0.39, 0.29) is 24.3 Å². The van der Waals surface area contributed by atoms with Gasteiger partial charge >= 0.3 is 0 Å². The van der Waals surface area contributed by atoms with Gasteiger partial charge in [-0.2, -0.15) is 0 Å². The predicted molar refractivity (Wildman–Crippen MR) is 118 cm³/mol. The van der Waals surface area contributed by atoms with Gasteiger partial charge in [0.1, 0.15) is 18.0 Å². The van der Waals surface area contributed by atoms with E-state index in [0.717, 1.165) is 23.6 Å². The quantitative estimate of drug-likeness (QED) is 0.611. The first-order chi connectivity index (χ1) is 15.3. The highest BCUT2D eigenvalue weighted by Gasteiger charge is 2.47. The van der Waals surface area contributed by atoms with Crippen molar-refractivity contribution in [2.24, 2.45) is 0 Å². The van der Waals surface area contributed by atoms with Gasteiger partial charge in [-0.05, 0) is 35.9 Å². The molecule has 0 spiro atoms. The number of hydrogen-bond donors (Lipinski definition) is 2. The maximum atomic E-state index is 6.08.